The fourth-order valence-corrected chi connectivity index (χ4v) is 5.80. The first-order valence-corrected chi connectivity index (χ1v) is 11.3. The minimum Gasteiger partial charge on any atom is -0.312 e. The number of carbonyl (C=O) groups excluding carboxylic acids is 1. The highest BCUT2D eigenvalue weighted by atomic mass is 79.9. The summed E-state index contributed by atoms with van der Waals surface area (Å²) in [6, 6.07) is 8.50. The molecular formula is C19H18BrClN2O3S. The SMILES string of the molecule is Cc1ccc(NS(=O)(=O)c2cc3c(cc2Br)CCN3C(=O)C2CC2)c(Cl)c1. The van der Waals surface area contributed by atoms with Crippen LogP contribution in [0.1, 0.15) is 24.0 Å². The van der Waals surface area contributed by atoms with Crippen molar-refractivity contribution in [3.8, 4) is 0 Å². The number of nitrogens with one attached hydrogen (secondary N) is 1. The lowest BCUT2D eigenvalue weighted by molar-refractivity contribution is -0.119. The van der Waals surface area contributed by atoms with Gasteiger partial charge in [0, 0.05) is 22.6 Å². The second kappa shape index (κ2) is 6.79. The van der Waals surface area contributed by atoms with Gasteiger partial charge in [-0.1, -0.05) is 17.7 Å². The molecule has 1 fully saturated rings. The molecule has 0 unspecified atom stereocenters. The summed E-state index contributed by atoms with van der Waals surface area (Å²) in [6.45, 7) is 2.48. The molecule has 2 aromatic carbocycles. The maximum absolute atomic E-state index is 13.0. The van der Waals surface area contributed by atoms with Crippen molar-refractivity contribution in [3.05, 3.63) is 51.0 Å². The third kappa shape index (κ3) is 3.60. The monoisotopic (exact) mass is 468 g/mol. The summed E-state index contributed by atoms with van der Waals surface area (Å²) in [7, 11) is -3.87. The molecule has 1 aliphatic carbocycles. The van der Waals surface area contributed by atoms with Gasteiger partial charge >= 0.3 is 0 Å². The van der Waals surface area contributed by atoms with E-state index in [1.807, 2.05) is 6.92 Å². The number of hydrogen-bond acceptors (Lipinski definition) is 3. The van der Waals surface area contributed by atoms with Crippen molar-refractivity contribution in [1.29, 1.82) is 0 Å². The van der Waals surface area contributed by atoms with Gasteiger partial charge in [-0.3, -0.25) is 9.52 Å². The minimum absolute atomic E-state index is 0.0872. The van der Waals surface area contributed by atoms with Crippen molar-refractivity contribution >= 4 is 54.8 Å². The fraction of sp³-hybridized carbons (Fsp3) is 0.316. The molecule has 142 valence electrons. The van der Waals surface area contributed by atoms with Gasteiger partial charge in [0.15, 0.2) is 0 Å². The Labute approximate surface area is 171 Å². The predicted octanol–water partition coefficient (Wildman–Crippen LogP) is 4.51. The maximum Gasteiger partial charge on any atom is 0.263 e. The zero-order valence-corrected chi connectivity index (χ0v) is 17.8. The number of hydrogen-bond donors (Lipinski definition) is 1. The molecule has 2 aliphatic rings. The molecule has 1 N–H and O–H groups in total. The summed E-state index contributed by atoms with van der Waals surface area (Å²) >= 11 is 9.54. The molecule has 0 bridgehead atoms. The number of halogens is 2. The first-order valence-electron chi connectivity index (χ1n) is 8.69. The molecule has 27 heavy (non-hydrogen) atoms. The van der Waals surface area contributed by atoms with Crippen LogP contribution in [0.15, 0.2) is 39.7 Å². The van der Waals surface area contributed by atoms with Crippen molar-refractivity contribution in [1.82, 2.24) is 0 Å². The number of benzene rings is 2. The van der Waals surface area contributed by atoms with Crippen LogP contribution < -0.4 is 9.62 Å². The van der Waals surface area contributed by atoms with Crippen LogP contribution in [0.3, 0.4) is 0 Å². The normalized spacial score (nSPS) is 16.3. The Hall–Kier alpha value is -1.57. The van der Waals surface area contributed by atoms with Crippen molar-refractivity contribution < 1.29 is 13.2 Å². The van der Waals surface area contributed by atoms with Gasteiger partial charge in [0.25, 0.3) is 10.0 Å². The van der Waals surface area contributed by atoms with Crippen LogP contribution in [0.2, 0.25) is 5.02 Å². The topological polar surface area (TPSA) is 66.5 Å². The van der Waals surface area contributed by atoms with Gasteiger partial charge in [-0.15, -0.1) is 0 Å². The Morgan fingerprint density at radius 2 is 2.00 bits per heavy atom. The Morgan fingerprint density at radius 3 is 2.67 bits per heavy atom. The van der Waals surface area contributed by atoms with Gasteiger partial charge in [-0.2, -0.15) is 0 Å². The van der Waals surface area contributed by atoms with E-state index in [9.17, 15) is 13.2 Å². The van der Waals surface area contributed by atoms with E-state index >= 15 is 0 Å². The molecule has 0 atom stereocenters. The highest BCUT2D eigenvalue weighted by Crippen LogP contribution is 2.40. The van der Waals surface area contributed by atoms with E-state index < -0.39 is 10.0 Å². The van der Waals surface area contributed by atoms with Crippen LogP contribution >= 0.6 is 27.5 Å². The summed E-state index contributed by atoms with van der Waals surface area (Å²) in [4.78, 5) is 14.3. The molecule has 5 nitrogen and oxygen atoms in total. The van der Waals surface area contributed by atoms with E-state index in [1.165, 1.54) is 0 Å². The lowest BCUT2D eigenvalue weighted by Gasteiger charge is -2.19. The number of anilines is 2. The van der Waals surface area contributed by atoms with Gasteiger partial charge in [0.2, 0.25) is 5.91 Å². The van der Waals surface area contributed by atoms with Gasteiger partial charge < -0.3 is 4.90 Å². The zero-order valence-electron chi connectivity index (χ0n) is 14.6. The number of amides is 1. The molecule has 2 aromatic rings. The summed E-state index contributed by atoms with van der Waals surface area (Å²) in [5.41, 5.74) is 2.92. The average Bonchev–Trinajstić information content (AvgIpc) is 3.36. The van der Waals surface area contributed by atoms with Crippen LogP contribution in [0, 0.1) is 12.8 Å². The lowest BCUT2D eigenvalue weighted by Crippen LogP contribution is -2.30. The number of carbonyl (C=O) groups is 1. The van der Waals surface area contributed by atoms with Crippen molar-refractivity contribution in [3.63, 3.8) is 0 Å². The third-order valence-electron chi connectivity index (χ3n) is 4.88. The lowest BCUT2D eigenvalue weighted by atomic mass is 10.2. The van der Waals surface area contributed by atoms with E-state index in [4.69, 9.17) is 11.6 Å². The number of sulfonamides is 1. The first kappa shape index (κ1) is 18.8. The van der Waals surface area contributed by atoms with Crippen LogP contribution in [-0.2, 0) is 21.2 Å². The van der Waals surface area contributed by atoms with Crippen molar-refractivity contribution in [2.75, 3.05) is 16.2 Å². The van der Waals surface area contributed by atoms with Crippen molar-refractivity contribution in [2.24, 2.45) is 5.92 Å². The minimum atomic E-state index is -3.87. The van der Waals surface area contributed by atoms with Crippen LogP contribution in [0.25, 0.3) is 0 Å². The molecule has 1 saturated carbocycles. The van der Waals surface area contributed by atoms with E-state index in [0.29, 0.717) is 27.4 Å². The highest BCUT2D eigenvalue weighted by Gasteiger charge is 2.37. The summed E-state index contributed by atoms with van der Waals surface area (Å²) in [6.07, 6.45) is 2.56. The van der Waals surface area contributed by atoms with Crippen LogP contribution in [0.4, 0.5) is 11.4 Å². The molecule has 0 radical (unpaired) electrons. The highest BCUT2D eigenvalue weighted by molar-refractivity contribution is 9.10. The summed E-state index contributed by atoms with van der Waals surface area (Å²) in [5.74, 6) is 0.179. The molecule has 0 saturated heterocycles. The molecule has 1 heterocycles. The molecule has 4 rings (SSSR count). The zero-order chi connectivity index (χ0) is 19.3. The molecule has 1 amide bonds. The van der Waals surface area contributed by atoms with E-state index in [2.05, 4.69) is 20.7 Å². The Bertz CT molecular complexity index is 1050. The molecular weight excluding hydrogens is 452 g/mol. The first-order chi connectivity index (χ1) is 12.8. The fourth-order valence-electron chi connectivity index (χ4n) is 3.28. The van der Waals surface area contributed by atoms with Crippen LogP contribution in [0.5, 0.6) is 0 Å². The smallest absolute Gasteiger partial charge is 0.263 e. The summed E-state index contributed by atoms with van der Waals surface area (Å²) < 4.78 is 29.0. The number of nitrogens with zero attached hydrogens (tertiary/aromatic N) is 1. The summed E-state index contributed by atoms with van der Waals surface area (Å²) in [5, 5.41) is 0.335. The standard InChI is InChI=1S/C19H18BrClN2O3S/c1-11-2-5-16(15(21)8-11)22-27(25,26)18-10-17-13(9-14(18)20)6-7-23(17)19(24)12-3-4-12/h2,5,8-10,12,22H,3-4,6-7H2,1H3. The molecule has 0 aromatic heterocycles. The molecule has 1 aliphatic heterocycles. The van der Waals surface area contributed by atoms with Gasteiger partial charge in [-0.05, 0) is 77.5 Å². The molecule has 0 spiro atoms. The molecule has 8 heteroatoms. The Morgan fingerprint density at radius 1 is 1.26 bits per heavy atom. The van der Waals surface area contributed by atoms with Gasteiger partial charge in [0.05, 0.1) is 10.7 Å². The third-order valence-corrected chi connectivity index (χ3v) is 7.52. The van der Waals surface area contributed by atoms with Gasteiger partial charge in [0.1, 0.15) is 4.90 Å². The Balaban J connectivity index is 1.70. The number of rotatable bonds is 4. The largest absolute Gasteiger partial charge is 0.312 e. The second-order valence-corrected chi connectivity index (χ2v) is 9.93. The van der Waals surface area contributed by atoms with E-state index in [-0.39, 0.29) is 16.7 Å². The second-order valence-electron chi connectivity index (χ2n) is 7.01. The Kier molecular flexibility index (Phi) is 4.72. The van der Waals surface area contributed by atoms with Crippen molar-refractivity contribution in [2.45, 2.75) is 31.1 Å². The van der Waals surface area contributed by atoms with Gasteiger partial charge in [-0.25, -0.2) is 8.42 Å². The van der Waals surface area contributed by atoms with Crippen LogP contribution in [-0.4, -0.2) is 20.9 Å². The quantitative estimate of drug-likeness (QED) is 0.716. The maximum atomic E-state index is 13.0. The van der Waals surface area contributed by atoms with E-state index in [1.54, 1.807) is 35.2 Å². The number of aryl methyl sites for hydroxylation is 1. The number of fused-ring (bicyclic) bond motifs is 1. The average molecular weight is 470 g/mol. The van der Waals surface area contributed by atoms with E-state index in [0.717, 1.165) is 30.4 Å². The predicted molar refractivity (Wildman–Crippen MR) is 110 cm³/mol.